The molecular weight excluding hydrogens is 319 g/mol. The van der Waals surface area contributed by atoms with E-state index in [4.69, 9.17) is 19.9 Å². The van der Waals surface area contributed by atoms with Crippen LogP contribution >= 0.6 is 0 Å². The van der Waals surface area contributed by atoms with Crippen molar-refractivity contribution in [3.8, 4) is 17.2 Å². The second-order valence-electron chi connectivity index (χ2n) is 4.92. The number of nitrogen functional groups attached to an aromatic ring is 1. The molecule has 24 heavy (non-hydrogen) atoms. The Bertz CT molecular complexity index is 780. The number of nitro benzene ring substituents is 1. The van der Waals surface area contributed by atoms with E-state index in [0.29, 0.717) is 17.1 Å². The fourth-order valence-electron chi connectivity index (χ4n) is 2.44. The van der Waals surface area contributed by atoms with Crippen LogP contribution in [0, 0.1) is 15.9 Å². The van der Waals surface area contributed by atoms with Crippen molar-refractivity contribution in [1.82, 2.24) is 0 Å². The molecular formula is C16H17FN2O5. The summed E-state index contributed by atoms with van der Waals surface area (Å²) in [6.07, 6.45) is 0.0310. The minimum atomic E-state index is -0.692. The molecule has 0 saturated carbocycles. The summed E-state index contributed by atoms with van der Waals surface area (Å²) in [6.45, 7) is 0. The van der Waals surface area contributed by atoms with Gasteiger partial charge in [-0.05, 0) is 11.6 Å². The summed E-state index contributed by atoms with van der Waals surface area (Å²) in [4.78, 5) is 10.5. The van der Waals surface area contributed by atoms with Gasteiger partial charge in [-0.3, -0.25) is 10.1 Å². The highest BCUT2D eigenvalue weighted by Gasteiger charge is 2.27. The maximum Gasteiger partial charge on any atom is 0.334 e. The monoisotopic (exact) mass is 336 g/mol. The second kappa shape index (κ2) is 7.03. The Hall–Kier alpha value is -3.03. The zero-order valence-electron chi connectivity index (χ0n) is 13.5. The van der Waals surface area contributed by atoms with Crippen molar-refractivity contribution in [2.24, 2.45) is 0 Å². The number of hydrogen-bond acceptors (Lipinski definition) is 6. The smallest absolute Gasteiger partial charge is 0.334 e. The highest BCUT2D eigenvalue weighted by molar-refractivity contribution is 5.69. The number of halogens is 1. The molecule has 0 unspecified atom stereocenters. The van der Waals surface area contributed by atoms with Crippen molar-refractivity contribution in [3.05, 3.63) is 51.3 Å². The number of methoxy groups -OCH3 is 3. The van der Waals surface area contributed by atoms with Gasteiger partial charge in [0.15, 0.2) is 0 Å². The van der Waals surface area contributed by atoms with Crippen LogP contribution in [0.5, 0.6) is 17.2 Å². The van der Waals surface area contributed by atoms with Crippen molar-refractivity contribution in [3.63, 3.8) is 0 Å². The van der Waals surface area contributed by atoms with Crippen LogP contribution in [0.25, 0.3) is 0 Å². The maximum atomic E-state index is 14.4. The lowest BCUT2D eigenvalue weighted by Crippen LogP contribution is -2.06. The Labute approximate surface area is 137 Å². The Morgan fingerprint density at radius 2 is 1.88 bits per heavy atom. The molecule has 0 aliphatic carbocycles. The fourth-order valence-corrected chi connectivity index (χ4v) is 2.44. The van der Waals surface area contributed by atoms with E-state index in [1.165, 1.54) is 21.3 Å². The van der Waals surface area contributed by atoms with Gasteiger partial charge in [0.25, 0.3) is 0 Å². The van der Waals surface area contributed by atoms with Crippen molar-refractivity contribution < 1.29 is 23.5 Å². The molecule has 0 saturated heterocycles. The van der Waals surface area contributed by atoms with Crippen LogP contribution in [-0.2, 0) is 6.42 Å². The Kier molecular flexibility index (Phi) is 5.08. The average Bonchev–Trinajstić information content (AvgIpc) is 2.56. The topological polar surface area (TPSA) is 96.9 Å². The third-order valence-electron chi connectivity index (χ3n) is 3.58. The molecule has 0 aromatic heterocycles. The predicted molar refractivity (Wildman–Crippen MR) is 86.4 cm³/mol. The molecule has 0 spiro atoms. The fraction of sp³-hybridized carbons (Fsp3) is 0.250. The standard InChI is InChI=1S/C16H17FN2O5/c1-22-10-5-4-9(14(7-10)23-2)6-11-12(17)8-13(18)15(19(20)21)16(11)24-3/h4-5,7-8H,6,18H2,1-3H3. The lowest BCUT2D eigenvalue weighted by atomic mass is 10.0. The quantitative estimate of drug-likeness (QED) is 0.495. The van der Waals surface area contributed by atoms with Crippen LogP contribution in [-0.4, -0.2) is 26.3 Å². The van der Waals surface area contributed by atoms with Crippen molar-refractivity contribution in [1.29, 1.82) is 0 Å². The molecule has 0 fully saturated rings. The Morgan fingerprint density at radius 1 is 1.17 bits per heavy atom. The van der Waals surface area contributed by atoms with Gasteiger partial charge >= 0.3 is 5.69 Å². The Balaban J connectivity index is 2.58. The van der Waals surface area contributed by atoms with Crippen LogP contribution in [0.4, 0.5) is 15.8 Å². The molecule has 0 amide bonds. The van der Waals surface area contributed by atoms with E-state index in [1.807, 2.05) is 0 Å². The van der Waals surface area contributed by atoms with E-state index in [0.717, 1.165) is 6.07 Å². The van der Waals surface area contributed by atoms with E-state index < -0.39 is 16.4 Å². The number of nitrogens with two attached hydrogens (primary N) is 1. The largest absolute Gasteiger partial charge is 0.497 e. The number of benzene rings is 2. The first-order valence-corrected chi connectivity index (χ1v) is 6.93. The first-order valence-electron chi connectivity index (χ1n) is 6.93. The normalized spacial score (nSPS) is 10.3. The van der Waals surface area contributed by atoms with E-state index in [9.17, 15) is 14.5 Å². The average molecular weight is 336 g/mol. The Morgan fingerprint density at radius 3 is 2.42 bits per heavy atom. The lowest BCUT2D eigenvalue weighted by Gasteiger charge is -2.14. The van der Waals surface area contributed by atoms with Gasteiger partial charge in [0, 0.05) is 24.1 Å². The summed E-state index contributed by atoms with van der Waals surface area (Å²) in [5.41, 5.74) is 5.45. The molecule has 0 radical (unpaired) electrons. The molecule has 2 N–H and O–H groups in total. The van der Waals surface area contributed by atoms with Gasteiger partial charge in [-0.2, -0.15) is 0 Å². The molecule has 8 heteroatoms. The summed E-state index contributed by atoms with van der Waals surface area (Å²) in [7, 11) is 4.22. The molecule has 2 rings (SSSR count). The molecule has 2 aromatic rings. The van der Waals surface area contributed by atoms with Crippen LogP contribution in [0.3, 0.4) is 0 Å². The van der Waals surface area contributed by atoms with Crippen molar-refractivity contribution >= 4 is 11.4 Å². The number of nitrogens with zero attached hydrogens (tertiary/aromatic N) is 1. The number of ether oxygens (including phenoxy) is 3. The number of anilines is 1. The highest BCUT2D eigenvalue weighted by atomic mass is 19.1. The molecule has 128 valence electrons. The summed E-state index contributed by atoms with van der Waals surface area (Å²) in [6, 6.07) is 5.95. The first kappa shape index (κ1) is 17.3. The van der Waals surface area contributed by atoms with Gasteiger partial charge in [0.2, 0.25) is 5.75 Å². The minimum absolute atomic E-state index is 0.0295. The van der Waals surface area contributed by atoms with E-state index in [2.05, 4.69) is 0 Å². The summed E-state index contributed by atoms with van der Waals surface area (Å²) in [5, 5.41) is 11.2. The minimum Gasteiger partial charge on any atom is -0.497 e. The van der Waals surface area contributed by atoms with Gasteiger partial charge in [0.05, 0.1) is 26.3 Å². The SMILES string of the molecule is COc1ccc(Cc2c(F)cc(N)c([N+](=O)[O-])c2OC)c(OC)c1. The molecule has 0 atom stereocenters. The maximum absolute atomic E-state index is 14.4. The molecule has 0 aliphatic heterocycles. The van der Waals surface area contributed by atoms with Crippen molar-refractivity contribution in [2.45, 2.75) is 6.42 Å². The lowest BCUT2D eigenvalue weighted by molar-refractivity contribution is -0.384. The van der Waals surface area contributed by atoms with Gasteiger partial charge < -0.3 is 19.9 Å². The summed E-state index contributed by atoms with van der Waals surface area (Å²) in [5.74, 6) is 0.157. The molecule has 2 aromatic carbocycles. The van der Waals surface area contributed by atoms with Crippen LogP contribution in [0.1, 0.15) is 11.1 Å². The zero-order chi connectivity index (χ0) is 17.9. The highest BCUT2D eigenvalue weighted by Crippen LogP contribution is 2.40. The van der Waals surface area contributed by atoms with Gasteiger partial charge in [-0.1, -0.05) is 6.07 Å². The second-order valence-corrected chi connectivity index (χ2v) is 4.92. The van der Waals surface area contributed by atoms with Crippen LogP contribution in [0.15, 0.2) is 24.3 Å². The number of hydrogen-bond donors (Lipinski definition) is 1. The summed E-state index contributed by atoms with van der Waals surface area (Å²) >= 11 is 0. The molecule has 7 nitrogen and oxygen atoms in total. The number of rotatable bonds is 6. The number of nitro groups is 1. The van der Waals surface area contributed by atoms with Gasteiger partial charge in [0.1, 0.15) is 23.0 Å². The molecule has 0 aliphatic rings. The van der Waals surface area contributed by atoms with Crippen LogP contribution < -0.4 is 19.9 Å². The zero-order valence-corrected chi connectivity index (χ0v) is 13.5. The van der Waals surface area contributed by atoms with Gasteiger partial charge in [-0.15, -0.1) is 0 Å². The molecule has 0 bridgehead atoms. The van der Waals surface area contributed by atoms with Gasteiger partial charge in [-0.25, -0.2) is 4.39 Å². The third-order valence-corrected chi connectivity index (χ3v) is 3.58. The van der Waals surface area contributed by atoms with E-state index in [1.54, 1.807) is 18.2 Å². The molecule has 0 heterocycles. The van der Waals surface area contributed by atoms with E-state index in [-0.39, 0.29) is 23.4 Å². The first-order chi connectivity index (χ1) is 11.4. The third kappa shape index (κ3) is 3.17. The van der Waals surface area contributed by atoms with Crippen molar-refractivity contribution in [2.75, 3.05) is 27.1 Å². The van der Waals surface area contributed by atoms with E-state index >= 15 is 0 Å². The predicted octanol–water partition coefficient (Wildman–Crippen LogP) is 2.93. The summed E-state index contributed by atoms with van der Waals surface area (Å²) < 4.78 is 29.8. The van der Waals surface area contributed by atoms with Crippen LogP contribution in [0.2, 0.25) is 0 Å².